The van der Waals surface area contributed by atoms with Crippen molar-refractivity contribution in [2.75, 3.05) is 34.4 Å². The minimum atomic E-state index is 0.00319. The molecule has 0 fully saturated rings. The summed E-state index contributed by atoms with van der Waals surface area (Å²) >= 11 is 0. The SMILES string of the molecule is CCNC(=NCc1ccc(C(=O)N(C)C)cc1)NC(C)COC. The van der Waals surface area contributed by atoms with Gasteiger partial charge in [0.05, 0.1) is 13.2 Å². The number of aliphatic imine (C=N–C) groups is 1. The van der Waals surface area contributed by atoms with Gasteiger partial charge in [-0.25, -0.2) is 4.99 Å². The summed E-state index contributed by atoms with van der Waals surface area (Å²) in [5.74, 6) is 0.758. The average Bonchev–Trinajstić information content (AvgIpc) is 2.52. The first-order valence-electron chi connectivity index (χ1n) is 7.82. The molecule has 0 radical (unpaired) electrons. The predicted octanol–water partition coefficient (Wildman–Crippen LogP) is 1.48. The maximum absolute atomic E-state index is 11.9. The monoisotopic (exact) mass is 320 g/mol. The van der Waals surface area contributed by atoms with Crippen molar-refractivity contribution in [3.63, 3.8) is 0 Å². The molecule has 0 heterocycles. The Labute approximate surface area is 138 Å². The maximum atomic E-state index is 11.9. The lowest BCUT2D eigenvalue weighted by atomic mass is 10.1. The Bertz CT molecular complexity index is 512. The minimum Gasteiger partial charge on any atom is -0.383 e. The van der Waals surface area contributed by atoms with E-state index in [2.05, 4.69) is 15.6 Å². The van der Waals surface area contributed by atoms with Gasteiger partial charge in [-0.1, -0.05) is 12.1 Å². The first kappa shape index (κ1) is 19.0. The quantitative estimate of drug-likeness (QED) is 0.590. The fourth-order valence-electron chi connectivity index (χ4n) is 2.03. The Balaban J connectivity index is 2.70. The van der Waals surface area contributed by atoms with Crippen molar-refractivity contribution < 1.29 is 9.53 Å². The van der Waals surface area contributed by atoms with Gasteiger partial charge < -0.3 is 20.3 Å². The topological polar surface area (TPSA) is 66.0 Å². The van der Waals surface area contributed by atoms with Crippen molar-refractivity contribution in [3.05, 3.63) is 35.4 Å². The van der Waals surface area contributed by atoms with Gasteiger partial charge in [0.2, 0.25) is 0 Å². The molecule has 6 heteroatoms. The van der Waals surface area contributed by atoms with Crippen LogP contribution in [-0.2, 0) is 11.3 Å². The zero-order valence-corrected chi connectivity index (χ0v) is 14.7. The van der Waals surface area contributed by atoms with Crippen molar-refractivity contribution in [2.24, 2.45) is 4.99 Å². The number of nitrogens with one attached hydrogen (secondary N) is 2. The van der Waals surface area contributed by atoms with Crippen molar-refractivity contribution in [3.8, 4) is 0 Å². The molecule has 0 spiro atoms. The molecule has 1 rings (SSSR count). The van der Waals surface area contributed by atoms with Crippen LogP contribution >= 0.6 is 0 Å². The molecule has 0 saturated carbocycles. The lowest BCUT2D eigenvalue weighted by molar-refractivity contribution is 0.0827. The molecule has 6 nitrogen and oxygen atoms in total. The van der Waals surface area contributed by atoms with Crippen LogP contribution in [0.2, 0.25) is 0 Å². The second kappa shape index (κ2) is 9.84. The van der Waals surface area contributed by atoms with Gasteiger partial charge in [0.1, 0.15) is 0 Å². The molecule has 1 amide bonds. The Morgan fingerprint density at radius 3 is 2.48 bits per heavy atom. The van der Waals surface area contributed by atoms with E-state index in [4.69, 9.17) is 4.74 Å². The Morgan fingerprint density at radius 2 is 1.96 bits per heavy atom. The van der Waals surface area contributed by atoms with Gasteiger partial charge in [-0.2, -0.15) is 0 Å². The van der Waals surface area contributed by atoms with E-state index < -0.39 is 0 Å². The zero-order valence-electron chi connectivity index (χ0n) is 14.7. The molecule has 0 aliphatic carbocycles. The van der Waals surface area contributed by atoms with Crippen molar-refractivity contribution in [1.29, 1.82) is 0 Å². The highest BCUT2D eigenvalue weighted by Gasteiger charge is 2.07. The summed E-state index contributed by atoms with van der Waals surface area (Å²) < 4.78 is 5.12. The summed E-state index contributed by atoms with van der Waals surface area (Å²) in [5, 5.41) is 6.50. The fourth-order valence-corrected chi connectivity index (χ4v) is 2.03. The lowest BCUT2D eigenvalue weighted by Crippen LogP contribution is -2.43. The number of carbonyl (C=O) groups excluding carboxylic acids is 1. The van der Waals surface area contributed by atoms with E-state index in [1.165, 1.54) is 0 Å². The molecule has 23 heavy (non-hydrogen) atoms. The maximum Gasteiger partial charge on any atom is 0.253 e. The number of ether oxygens (including phenoxy) is 1. The van der Waals surface area contributed by atoms with Crippen molar-refractivity contribution in [2.45, 2.75) is 26.4 Å². The fraction of sp³-hybridized carbons (Fsp3) is 0.529. The van der Waals surface area contributed by atoms with Crippen LogP contribution in [0.1, 0.15) is 29.8 Å². The van der Waals surface area contributed by atoms with Crippen LogP contribution in [0.25, 0.3) is 0 Å². The van der Waals surface area contributed by atoms with Crippen LogP contribution in [0.4, 0.5) is 0 Å². The highest BCUT2D eigenvalue weighted by atomic mass is 16.5. The molecular weight excluding hydrogens is 292 g/mol. The summed E-state index contributed by atoms with van der Waals surface area (Å²) in [6.07, 6.45) is 0. The number of nitrogens with zero attached hydrogens (tertiary/aromatic N) is 2. The molecule has 0 aliphatic rings. The number of hydrogen-bond acceptors (Lipinski definition) is 3. The number of hydrogen-bond donors (Lipinski definition) is 2. The number of carbonyl (C=O) groups is 1. The summed E-state index contributed by atoms with van der Waals surface area (Å²) in [7, 11) is 5.17. The second-order valence-electron chi connectivity index (χ2n) is 5.59. The summed E-state index contributed by atoms with van der Waals surface area (Å²) in [6, 6.07) is 7.71. The number of benzene rings is 1. The van der Waals surface area contributed by atoms with Crippen LogP contribution in [0.5, 0.6) is 0 Å². The smallest absolute Gasteiger partial charge is 0.253 e. The van der Waals surface area contributed by atoms with Gasteiger partial charge in [-0.3, -0.25) is 4.79 Å². The van der Waals surface area contributed by atoms with Crippen LogP contribution in [0.15, 0.2) is 29.3 Å². The highest BCUT2D eigenvalue weighted by Crippen LogP contribution is 2.07. The summed E-state index contributed by atoms with van der Waals surface area (Å²) in [4.78, 5) is 18.0. The Kier molecular flexibility index (Phi) is 8.11. The van der Waals surface area contributed by atoms with Crippen molar-refractivity contribution in [1.82, 2.24) is 15.5 Å². The molecule has 1 aromatic rings. The zero-order chi connectivity index (χ0) is 17.2. The number of methoxy groups -OCH3 is 1. The summed E-state index contributed by atoms with van der Waals surface area (Å²) in [6.45, 7) is 6.02. The largest absolute Gasteiger partial charge is 0.383 e. The lowest BCUT2D eigenvalue weighted by Gasteiger charge is -2.17. The van der Waals surface area contributed by atoms with Crippen LogP contribution in [0, 0.1) is 0 Å². The molecule has 0 saturated heterocycles. The Morgan fingerprint density at radius 1 is 1.30 bits per heavy atom. The van der Waals surface area contributed by atoms with Gasteiger partial charge in [0.15, 0.2) is 5.96 Å². The molecule has 1 unspecified atom stereocenters. The van der Waals surface area contributed by atoms with E-state index in [9.17, 15) is 4.79 Å². The molecular formula is C17H28N4O2. The molecule has 0 aliphatic heterocycles. The standard InChI is InChI=1S/C17H28N4O2/c1-6-18-17(20-13(2)12-23-5)19-11-14-7-9-15(10-8-14)16(22)21(3)4/h7-10,13H,6,11-12H2,1-5H3,(H2,18,19,20). The normalized spacial score (nSPS) is 12.7. The number of rotatable bonds is 7. The van der Waals surface area contributed by atoms with Crippen LogP contribution < -0.4 is 10.6 Å². The third-order valence-corrected chi connectivity index (χ3v) is 3.17. The van der Waals surface area contributed by atoms with Gasteiger partial charge in [0, 0.05) is 39.4 Å². The van der Waals surface area contributed by atoms with Gasteiger partial charge in [-0.05, 0) is 31.5 Å². The van der Waals surface area contributed by atoms with E-state index in [1.54, 1.807) is 26.1 Å². The minimum absolute atomic E-state index is 0.00319. The van der Waals surface area contributed by atoms with Crippen molar-refractivity contribution >= 4 is 11.9 Å². The average molecular weight is 320 g/mol. The molecule has 0 aromatic heterocycles. The van der Waals surface area contributed by atoms with Gasteiger partial charge in [-0.15, -0.1) is 0 Å². The van der Waals surface area contributed by atoms with E-state index >= 15 is 0 Å². The third kappa shape index (κ3) is 6.69. The first-order valence-corrected chi connectivity index (χ1v) is 7.82. The van der Waals surface area contributed by atoms with E-state index in [1.807, 2.05) is 38.1 Å². The molecule has 128 valence electrons. The molecule has 2 N–H and O–H groups in total. The third-order valence-electron chi connectivity index (χ3n) is 3.17. The highest BCUT2D eigenvalue weighted by molar-refractivity contribution is 5.93. The van der Waals surface area contributed by atoms with Gasteiger partial charge >= 0.3 is 0 Å². The molecule has 0 bridgehead atoms. The molecule has 1 aromatic carbocycles. The summed E-state index contributed by atoms with van der Waals surface area (Å²) in [5.41, 5.74) is 1.73. The van der Waals surface area contributed by atoms with E-state index in [-0.39, 0.29) is 11.9 Å². The van der Waals surface area contributed by atoms with Crippen LogP contribution in [0.3, 0.4) is 0 Å². The van der Waals surface area contributed by atoms with Gasteiger partial charge in [0.25, 0.3) is 5.91 Å². The van der Waals surface area contributed by atoms with E-state index in [0.717, 1.165) is 18.1 Å². The number of guanidine groups is 1. The first-order chi connectivity index (χ1) is 11.0. The number of amides is 1. The molecule has 1 atom stereocenters. The Hall–Kier alpha value is -2.08. The van der Waals surface area contributed by atoms with Crippen LogP contribution in [-0.4, -0.2) is 57.2 Å². The second-order valence-corrected chi connectivity index (χ2v) is 5.59. The van der Waals surface area contributed by atoms with E-state index in [0.29, 0.717) is 18.7 Å². The predicted molar refractivity (Wildman–Crippen MR) is 93.7 cm³/mol.